The van der Waals surface area contributed by atoms with Crippen molar-refractivity contribution in [1.29, 1.82) is 0 Å². The molecule has 0 saturated carbocycles. The van der Waals surface area contributed by atoms with Crippen molar-refractivity contribution in [3.63, 3.8) is 0 Å². The second kappa shape index (κ2) is 4.26. The van der Waals surface area contributed by atoms with Gasteiger partial charge in [-0.25, -0.2) is 0 Å². The Morgan fingerprint density at radius 1 is 1.55 bits per heavy atom. The summed E-state index contributed by atoms with van der Waals surface area (Å²) in [5, 5.41) is 4.23. The first-order valence-electron chi connectivity index (χ1n) is 3.63. The molecule has 0 amide bonds. The summed E-state index contributed by atoms with van der Waals surface area (Å²) < 4.78 is 3.88. The molecular weight excluding hydrogens is 272 g/mol. The van der Waals surface area contributed by atoms with Crippen molar-refractivity contribution >= 4 is 31.9 Å². The first kappa shape index (κ1) is 9.26. The maximum atomic E-state index is 4.23. The Labute approximate surface area is 83.2 Å². The van der Waals surface area contributed by atoms with Crippen LogP contribution in [0.15, 0.2) is 15.3 Å². The number of hydrogen-bond acceptors (Lipinski definition) is 1. The van der Waals surface area contributed by atoms with E-state index >= 15 is 0 Å². The lowest BCUT2D eigenvalue weighted by atomic mass is 10.3. The van der Waals surface area contributed by atoms with E-state index < -0.39 is 0 Å². The van der Waals surface area contributed by atoms with Gasteiger partial charge in [-0.3, -0.25) is 4.68 Å². The van der Waals surface area contributed by atoms with Crippen LogP contribution in [0.25, 0.3) is 0 Å². The summed E-state index contributed by atoms with van der Waals surface area (Å²) in [5.41, 5.74) is 0. The van der Waals surface area contributed by atoms with Gasteiger partial charge in [0, 0.05) is 12.6 Å². The average Bonchev–Trinajstić information content (AvgIpc) is 2.26. The van der Waals surface area contributed by atoms with Crippen LogP contribution in [0.3, 0.4) is 0 Å². The molecule has 11 heavy (non-hydrogen) atoms. The van der Waals surface area contributed by atoms with Crippen LogP contribution in [-0.2, 0) is 6.54 Å². The monoisotopic (exact) mass is 280 g/mol. The Balaban J connectivity index is 2.62. The topological polar surface area (TPSA) is 17.8 Å². The molecule has 0 spiro atoms. The van der Waals surface area contributed by atoms with Crippen LogP contribution in [0, 0.1) is 0 Å². The zero-order valence-corrected chi connectivity index (χ0v) is 9.52. The Morgan fingerprint density at radius 2 is 2.27 bits per heavy atom. The third-order valence-corrected chi connectivity index (χ3v) is 2.45. The van der Waals surface area contributed by atoms with E-state index in [2.05, 4.69) is 43.9 Å². The average molecular weight is 282 g/mol. The number of nitrogens with zero attached hydrogens (tertiary/aromatic N) is 2. The van der Waals surface area contributed by atoms with Crippen molar-refractivity contribution in [1.82, 2.24) is 9.78 Å². The van der Waals surface area contributed by atoms with Crippen LogP contribution in [0.5, 0.6) is 0 Å². The Morgan fingerprint density at radius 3 is 2.73 bits per heavy atom. The third kappa shape index (κ3) is 2.60. The molecule has 0 aromatic carbocycles. The molecule has 4 heteroatoms. The summed E-state index contributed by atoms with van der Waals surface area (Å²) in [6.45, 7) is 3.16. The molecule has 1 heterocycles. The molecule has 1 aromatic rings. The Kier molecular flexibility index (Phi) is 3.59. The molecule has 0 aliphatic rings. The molecule has 0 saturated heterocycles. The molecule has 0 unspecified atom stereocenters. The van der Waals surface area contributed by atoms with Crippen molar-refractivity contribution in [2.45, 2.75) is 26.3 Å². The largest absolute Gasteiger partial charge is 0.257 e. The number of halogens is 2. The van der Waals surface area contributed by atoms with Crippen molar-refractivity contribution < 1.29 is 0 Å². The Hall–Kier alpha value is 0.170. The zero-order chi connectivity index (χ0) is 8.27. The number of aryl methyl sites for hydroxylation is 1. The van der Waals surface area contributed by atoms with Crippen LogP contribution in [0.2, 0.25) is 0 Å². The second-order valence-corrected chi connectivity index (χ2v) is 3.99. The molecule has 62 valence electrons. The fourth-order valence-corrected chi connectivity index (χ4v) is 2.02. The molecule has 0 N–H and O–H groups in total. The van der Waals surface area contributed by atoms with E-state index in [1.165, 1.54) is 12.8 Å². The molecule has 0 aliphatic carbocycles. The van der Waals surface area contributed by atoms with Gasteiger partial charge in [0.1, 0.15) is 9.21 Å². The van der Waals surface area contributed by atoms with Gasteiger partial charge in [-0.15, -0.1) is 0 Å². The van der Waals surface area contributed by atoms with Gasteiger partial charge in [-0.1, -0.05) is 13.3 Å². The molecule has 0 atom stereocenters. The molecule has 0 bridgehead atoms. The maximum absolute atomic E-state index is 4.23. The smallest absolute Gasteiger partial charge is 0.129 e. The number of hydrogen-bond donors (Lipinski definition) is 0. The summed E-state index contributed by atoms with van der Waals surface area (Å²) in [4.78, 5) is 0. The third-order valence-electron chi connectivity index (χ3n) is 1.42. The quantitative estimate of drug-likeness (QED) is 0.832. The number of rotatable bonds is 3. The van der Waals surface area contributed by atoms with Crippen LogP contribution < -0.4 is 0 Å². The van der Waals surface area contributed by atoms with Crippen LogP contribution in [0.4, 0.5) is 0 Å². The van der Waals surface area contributed by atoms with E-state index in [0.29, 0.717) is 0 Å². The van der Waals surface area contributed by atoms with Crippen LogP contribution in [0.1, 0.15) is 19.8 Å². The highest BCUT2D eigenvalue weighted by Crippen LogP contribution is 2.16. The highest BCUT2D eigenvalue weighted by molar-refractivity contribution is 9.11. The van der Waals surface area contributed by atoms with E-state index in [1.807, 2.05) is 10.7 Å². The lowest BCUT2D eigenvalue weighted by Crippen LogP contribution is -1.99. The minimum atomic E-state index is 0.889. The standard InChI is InChI=1S/C7H10Br2N2/c1-2-3-4-11-7(9)5-6(8)10-11/h5H,2-4H2,1H3. The molecular formula is C7H10Br2N2. The predicted molar refractivity (Wildman–Crippen MR) is 52.5 cm³/mol. The summed E-state index contributed by atoms with van der Waals surface area (Å²) in [7, 11) is 0. The van der Waals surface area contributed by atoms with Crippen molar-refractivity contribution in [3.05, 3.63) is 15.3 Å². The van der Waals surface area contributed by atoms with Gasteiger partial charge in [-0.2, -0.15) is 5.10 Å². The highest BCUT2D eigenvalue weighted by Gasteiger charge is 2.00. The van der Waals surface area contributed by atoms with Crippen molar-refractivity contribution in [3.8, 4) is 0 Å². The highest BCUT2D eigenvalue weighted by atomic mass is 79.9. The van der Waals surface area contributed by atoms with Gasteiger partial charge < -0.3 is 0 Å². The van der Waals surface area contributed by atoms with Gasteiger partial charge in [0.2, 0.25) is 0 Å². The van der Waals surface area contributed by atoms with Gasteiger partial charge in [0.15, 0.2) is 0 Å². The molecule has 2 nitrogen and oxygen atoms in total. The predicted octanol–water partition coefficient (Wildman–Crippen LogP) is 3.21. The van der Waals surface area contributed by atoms with E-state index in [4.69, 9.17) is 0 Å². The SMILES string of the molecule is CCCCn1nc(Br)cc1Br. The molecule has 0 radical (unpaired) electrons. The van der Waals surface area contributed by atoms with E-state index in [-0.39, 0.29) is 0 Å². The minimum absolute atomic E-state index is 0.889. The van der Waals surface area contributed by atoms with Gasteiger partial charge in [0.05, 0.1) is 0 Å². The lowest BCUT2D eigenvalue weighted by molar-refractivity contribution is 0.559. The van der Waals surface area contributed by atoms with E-state index in [0.717, 1.165) is 15.8 Å². The summed E-state index contributed by atoms with van der Waals surface area (Å²) in [6.07, 6.45) is 2.37. The summed E-state index contributed by atoms with van der Waals surface area (Å²) >= 11 is 6.73. The maximum Gasteiger partial charge on any atom is 0.129 e. The minimum Gasteiger partial charge on any atom is -0.257 e. The van der Waals surface area contributed by atoms with Gasteiger partial charge >= 0.3 is 0 Å². The summed E-state index contributed by atoms with van der Waals surface area (Å²) in [6, 6.07) is 1.95. The van der Waals surface area contributed by atoms with Crippen molar-refractivity contribution in [2.24, 2.45) is 0 Å². The van der Waals surface area contributed by atoms with Crippen LogP contribution in [-0.4, -0.2) is 9.78 Å². The Bertz CT molecular complexity index is 232. The lowest BCUT2D eigenvalue weighted by Gasteiger charge is -1.99. The number of aromatic nitrogens is 2. The second-order valence-electron chi connectivity index (χ2n) is 2.37. The summed E-state index contributed by atoms with van der Waals surface area (Å²) in [5.74, 6) is 0. The van der Waals surface area contributed by atoms with Crippen LogP contribution >= 0.6 is 31.9 Å². The first-order chi connectivity index (χ1) is 5.24. The normalized spacial score (nSPS) is 10.5. The molecule has 0 fully saturated rings. The van der Waals surface area contributed by atoms with Gasteiger partial charge in [0.25, 0.3) is 0 Å². The fourth-order valence-electron chi connectivity index (χ4n) is 0.829. The zero-order valence-electron chi connectivity index (χ0n) is 6.35. The molecule has 1 aromatic heterocycles. The molecule has 0 aliphatic heterocycles. The first-order valence-corrected chi connectivity index (χ1v) is 5.21. The van der Waals surface area contributed by atoms with Gasteiger partial charge in [-0.05, 0) is 38.3 Å². The van der Waals surface area contributed by atoms with E-state index in [1.54, 1.807) is 0 Å². The number of unbranched alkanes of at least 4 members (excludes halogenated alkanes) is 1. The van der Waals surface area contributed by atoms with Crippen molar-refractivity contribution in [2.75, 3.05) is 0 Å². The fraction of sp³-hybridized carbons (Fsp3) is 0.571. The van der Waals surface area contributed by atoms with E-state index in [9.17, 15) is 0 Å². The molecule has 1 rings (SSSR count).